The fourth-order valence-electron chi connectivity index (χ4n) is 3.96. The average Bonchev–Trinajstić information content (AvgIpc) is 2.72. The molecule has 1 aromatic heterocycles. The van der Waals surface area contributed by atoms with Crippen LogP contribution in [0.4, 0.5) is 10.1 Å². The van der Waals surface area contributed by atoms with Crippen molar-refractivity contribution in [2.75, 3.05) is 44.3 Å². The highest BCUT2D eigenvalue weighted by Gasteiger charge is 2.24. The van der Waals surface area contributed by atoms with Crippen molar-refractivity contribution in [1.29, 1.82) is 0 Å². The molecule has 0 radical (unpaired) electrons. The van der Waals surface area contributed by atoms with Gasteiger partial charge in [0.2, 0.25) is 0 Å². The zero-order valence-corrected chi connectivity index (χ0v) is 16.4. The SMILES string of the molecule is O=c1cc(N2CCOCC2)cnn1[C@H]1CCCN(Cc2cccc(Cl)c2F)C1. The van der Waals surface area contributed by atoms with Crippen LogP contribution in [0.25, 0.3) is 0 Å². The number of hydrogen-bond donors (Lipinski definition) is 0. The Balaban J connectivity index is 1.47. The van der Waals surface area contributed by atoms with Gasteiger partial charge in [-0.15, -0.1) is 0 Å². The first-order valence-electron chi connectivity index (χ1n) is 9.68. The molecule has 0 unspecified atom stereocenters. The van der Waals surface area contributed by atoms with E-state index in [0.717, 1.165) is 38.2 Å². The molecule has 0 saturated carbocycles. The van der Waals surface area contributed by atoms with Gasteiger partial charge in [-0.3, -0.25) is 9.69 Å². The van der Waals surface area contributed by atoms with E-state index in [4.69, 9.17) is 16.3 Å². The second kappa shape index (κ2) is 8.59. The molecule has 6 nitrogen and oxygen atoms in total. The van der Waals surface area contributed by atoms with Crippen LogP contribution in [0.2, 0.25) is 5.02 Å². The Morgan fingerprint density at radius 1 is 1.25 bits per heavy atom. The maximum atomic E-state index is 14.2. The summed E-state index contributed by atoms with van der Waals surface area (Å²) in [4.78, 5) is 17.0. The largest absolute Gasteiger partial charge is 0.378 e. The summed E-state index contributed by atoms with van der Waals surface area (Å²) in [6, 6.07) is 6.72. The first kappa shape index (κ1) is 19.4. The van der Waals surface area contributed by atoms with Gasteiger partial charge in [0.1, 0.15) is 5.82 Å². The zero-order valence-electron chi connectivity index (χ0n) is 15.7. The molecule has 2 aliphatic heterocycles. The van der Waals surface area contributed by atoms with Crippen LogP contribution in [-0.4, -0.2) is 54.1 Å². The number of halogens is 2. The topological polar surface area (TPSA) is 50.6 Å². The van der Waals surface area contributed by atoms with Gasteiger partial charge in [-0.05, 0) is 25.5 Å². The predicted octanol–water partition coefficient (Wildman–Crippen LogP) is 2.71. The third kappa shape index (κ3) is 4.21. The lowest BCUT2D eigenvalue weighted by molar-refractivity contribution is 0.122. The fraction of sp³-hybridized carbons (Fsp3) is 0.500. The first-order valence-corrected chi connectivity index (χ1v) is 10.1. The van der Waals surface area contributed by atoms with Gasteiger partial charge in [0, 0.05) is 37.8 Å². The smallest absolute Gasteiger partial charge is 0.269 e. The Kier molecular flexibility index (Phi) is 5.94. The number of anilines is 1. The molecule has 1 aromatic carbocycles. The Morgan fingerprint density at radius 2 is 2.07 bits per heavy atom. The van der Waals surface area contributed by atoms with Gasteiger partial charge in [0.15, 0.2) is 0 Å². The summed E-state index contributed by atoms with van der Waals surface area (Å²) in [6.07, 6.45) is 3.59. The van der Waals surface area contributed by atoms with E-state index in [1.54, 1.807) is 35.1 Å². The average molecular weight is 407 g/mol. The van der Waals surface area contributed by atoms with Crippen molar-refractivity contribution in [3.63, 3.8) is 0 Å². The second-order valence-electron chi connectivity index (χ2n) is 7.34. The molecule has 1 atom stereocenters. The van der Waals surface area contributed by atoms with Gasteiger partial charge < -0.3 is 9.64 Å². The maximum absolute atomic E-state index is 14.2. The quantitative estimate of drug-likeness (QED) is 0.781. The summed E-state index contributed by atoms with van der Waals surface area (Å²) in [7, 11) is 0. The molecule has 2 aliphatic rings. The molecule has 0 bridgehead atoms. The standard InChI is InChI=1S/C20H24ClFN4O2/c21-18-5-1-3-15(20(18)22)13-24-6-2-4-16(14-24)26-19(27)11-17(12-23-26)25-7-9-28-10-8-25/h1,3,5,11-12,16H,2,4,6-10,13-14H2/t16-/m0/s1. The Labute approximate surface area is 168 Å². The van der Waals surface area contributed by atoms with Crippen molar-refractivity contribution < 1.29 is 9.13 Å². The van der Waals surface area contributed by atoms with Crippen LogP contribution in [0.15, 0.2) is 35.3 Å². The third-order valence-electron chi connectivity index (χ3n) is 5.44. The number of nitrogens with zero attached hydrogens (tertiary/aromatic N) is 4. The lowest BCUT2D eigenvalue weighted by Crippen LogP contribution is -2.41. The van der Waals surface area contributed by atoms with Crippen LogP contribution >= 0.6 is 11.6 Å². The van der Waals surface area contributed by atoms with Gasteiger partial charge in [0.25, 0.3) is 5.56 Å². The summed E-state index contributed by atoms with van der Waals surface area (Å²) < 4.78 is 21.2. The molecule has 0 aliphatic carbocycles. The van der Waals surface area contributed by atoms with Crippen LogP contribution in [0.3, 0.4) is 0 Å². The van der Waals surface area contributed by atoms with E-state index in [2.05, 4.69) is 14.9 Å². The number of rotatable bonds is 4. The van der Waals surface area contributed by atoms with Gasteiger partial charge in [0.05, 0.1) is 36.2 Å². The van der Waals surface area contributed by atoms with Crippen molar-refractivity contribution in [1.82, 2.24) is 14.7 Å². The number of hydrogen-bond acceptors (Lipinski definition) is 5. The summed E-state index contributed by atoms with van der Waals surface area (Å²) >= 11 is 5.89. The molecule has 2 fully saturated rings. The van der Waals surface area contributed by atoms with E-state index in [1.807, 2.05) is 0 Å². The minimum Gasteiger partial charge on any atom is -0.378 e. The van der Waals surface area contributed by atoms with Crippen molar-refractivity contribution in [2.45, 2.75) is 25.4 Å². The molecule has 2 saturated heterocycles. The van der Waals surface area contributed by atoms with Crippen LogP contribution in [0.1, 0.15) is 24.4 Å². The van der Waals surface area contributed by atoms with Crippen LogP contribution in [-0.2, 0) is 11.3 Å². The summed E-state index contributed by atoms with van der Waals surface area (Å²) in [6.45, 7) is 4.88. The first-order chi connectivity index (χ1) is 13.6. The predicted molar refractivity (Wildman–Crippen MR) is 106 cm³/mol. The van der Waals surface area contributed by atoms with Gasteiger partial charge in [-0.1, -0.05) is 23.7 Å². The molecule has 0 amide bonds. The molecule has 3 heterocycles. The number of morpholine rings is 1. The number of piperidine rings is 1. The Morgan fingerprint density at radius 3 is 2.86 bits per heavy atom. The van der Waals surface area contributed by atoms with Crippen LogP contribution in [0.5, 0.6) is 0 Å². The van der Waals surface area contributed by atoms with Gasteiger partial charge in [-0.2, -0.15) is 5.10 Å². The highest BCUT2D eigenvalue weighted by molar-refractivity contribution is 6.30. The second-order valence-corrected chi connectivity index (χ2v) is 7.75. The van der Waals surface area contributed by atoms with Gasteiger partial charge >= 0.3 is 0 Å². The zero-order chi connectivity index (χ0) is 19.5. The Hall–Kier alpha value is -1.96. The van der Waals surface area contributed by atoms with E-state index in [-0.39, 0.29) is 22.4 Å². The molecular formula is C20H24ClFN4O2. The molecular weight excluding hydrogens is 383 g/mol. The minimum absolute atomic E-state index is 0.0118. The van der Waals surface area contributed by atoms with E-state index < -0.39 is 0 Å². The third-order valence-corrected chi connectivity index (χ3v) is 5.73. The molecule has 28 heavy (non-hydrogen) atoms. The van der Waals surface area contributed by atoms with Crippen molar-refractivity contribution in [2.24, 2.45) is 0 Å². The molecule has 0 spiro atoms. The fourth-order valence-corrected chi connectivity index (χ4v) is 4.16. The summed E-state index contributed by atoms with van der Waals surface area (Å²) in [5.41, 5.74) is 1.33. The highest BCUT2D eigenvalue weighted by atomic mass is 35.5. The maximum Gasteiger partial charge on any atom is 0.269 e. The monoisotopic (exact) mass is 406 g/mol. The Bertz CT molecular complexity index is 885. The van der Waals surface area contributed by atoms with Crippen LogP contribution < -0.4 is 10.5 Å². The normalized spacial score (nSPS) is 21.1. The van der Waals surface area contributed by atoms with E-state index in [1.165, 1.54) is 0 Å². The number of benzene rings is 1. The molecule has 0 N–H and O–H groups in total. The van der Waals surface area contributed by atoms with Crippen molar-refractivity contribution in [3.8, 4) is 0 Å². The molecule has 2 aromatic rings. The lowest BCUT2D eigenvalue weighted by Gasteiger charge is -2.33. The van der Waals surface area contributed by atoms with Crippen molar-refractivity contribution >= 4 is 17.3 Å². The molecule has 8 heteroatoms. The molecule has 4 rings (SSSR count). The van der Waals surface area contributed by atoms with Crippen LogP contribution in [0, 0.1) is 5.82 Å². The lowest BCUT2D eigenvalue weighted by atomic mass is 10.0. The van der Waals surface area contributed by atoms with Crippen molar-refractivity contribution in [3.05, 3.63) is 57.2 Å². The van der Waals surface area contributed by atoms with Gasteiger partial charge in [-0.25, -0.2) is 9.07 Å². The summed E-state index contributed by atoms with van der Waals surface area (Å²) in [5.74, 6) is -0.364. The minimum atomic E-state index is -0.364. The number of ether oxygens (including phenoxy) is 1. The highest BCUT2D eigenvalue weighted by Crippen LogP contribution is 2.24. The van der Waals surface area contributed by atoms with E-state index in [0.29, 0.717) is 31.9 Å². The summed E-state index contributed by atoms with van der Waals surface area (Å²) in [5, 5.41) is 4.59. The van der Waals surface area contributed by atoms with E-state index >= 15 is 0 Å². The molecule has 150 valence electrons. The van der Waals surface area contributed by atoms with E-state index in [9.17, 15) is 9.18 Å². The number of likely N-dealkylation sites (tertiary alicyclic amines) is 1. The number of aromatic nitrogens is 2.